The summed E-state index contributed by atoms with van der Waals surface area (Å²) in [5.74, 6) is -2.20. The van der Waals surface area contributed by atoms with E-state index >= 15 is 0 Å². The molecule has 0 fully saturated rings. The smallest absolute Gasteiger partial charge is 1.00 e. The van der Waals surface area contributed by atoms with Crippen LogP contribution < -0.4 is 0 Å². The number of Topliss-reactive ketones (excluding diaryl/α,β-unsaturated/α-hetero) is 1. The molecule has 0 aliphatic carbocycles. The van der Waals surface area contributed by atoms with Crippen LogP contribution in [0.4, 0.5) is 0 Å². The van der Waals surface area contributed by atoms with Gasteiger partial charge in [0.1, 0.15) is 0 Å². The first-order valence-corrected chi connectivity index (χ1v) is 1.38. The molecule has 0 aromatic rings. The van der Waals surface area contributed by atoms with Crippen LogP contribution in [0, 0.1) is 0 Å². The summed E-state index contributed by atoms with van der Waals surface area (Å²) in [6.07, 6.45) is 0. The molecule has 0 saturated heterocycles. The van der Waals surface area contributed by atoms with Gasteiger partial charge in [-0.1, -0.05) is 0 Å². The molecular formula is C3H6BeO3. The fourth-order valence-corrected chi connectivity index (χ4v) is 0. The Morgan fingerprint density at radius 2 is 1.71 bits per heavy atom. The van der Waals surface area contributed by atoms with E-state index in [1.54, 1.807) is 0 Å². The largest absolute Gasteiger partial charge is 2.00 e. The standard InChI is InChI=1S/C3H4O3.Be.2H/c1-2(4)3(5)6;;;/h1H3,(H,5,6);;;/q;+2;2*-1. The van der Waals surface area contributed by atoms with E-state index in [1.165, 1.54) is 0 Å². The number of carboxylic acid groups (broad SMARTS) is 1. The van der Waals surface area contributed by atoms with E-state index in [4.69, 9.17) is 5.11 Å². The number of hydrogen-bond acceptors (Lipinski definition) is 2. The predicted octanol–water partition coefficient (Wildman–Crippen LogP) is -0.496. The first kappa shape index (κ1) is 9.58. The molecule has 0 aromatic carbocycles. The Hall–Kier alpha value is -0.691. The van der Waals surface area contributed by atoms with Crippen molar-refractivity contribution in [3.05, 3.63) is 0 Å². The van der Waals surface area contributed by atoms with Crippen molar-refractivity contribution in [2.45, 2.75) is 6.92 Å². The SMILES string of the molecule is CC(=O)C(=O)O.[Be+2].[H-].[H-]. The van der Waals surface area contributed by atoms with Gasteiger partial charge in [-0.25, -0.2) is 4.79 Å². The monoisotopic (exact) mass is 99.0 g/mol. The number of ketones is 1. The summed E-state index contributed by atoms with van der Waals surface area (Å²) in [4.78, 5) is 18.9. The minimum absolute atomic E-state index is 0. The number of carbonyl (C=O) groups excluding carboxylic acids is 1. The fraction of sp³-hybridized carbons (Fsp3) is 0.333. The van der Waals surface area contributed by atoms with E-state index in [9.17, 15) is 9.59 Å². The molecule has 0 rings (SSSR count). The van der Waals surface area contributed by atoms with Gasteiger partial charge in [0, 0.05) is 6.92 Å². The van der Waals surface area contributed by atoms with Crippen LogP contribution in [0.5, 0.6) is 0 Å². The molecule has 3 nitrogen and oxygen atoms in total. The van der Waals surface area contributed by atoms with Crippen molar-refractivity contribution in [1.29, 1.82) is 0 Å². The third kappa shape index (κ3) is 5.31. The number of aliphatic carboxylic acids is 1. The van der Waals surface area contributed by atoms with Gasteiger partial charge in [-0.15, -0.1) is 0 Å². The van der Waals surface area contributed by atoms with Crippen molar-refractivity contribution in [2.75, 3.05) is 0 Å². The van der Waals surface area contributed by atoms with Gasteiger partial charge in [-0.2, -0.15) is 0 Å². The Balaban J connectivity index is -0.0000000417. The quantitative estimate of drug-likeness (QED) is 0.356. The van der Waals surface area contributed by atoms with Crippen LogP contribution >= 0.6 is 0 Å². The van der Waals surface area contributed by atoms with Gasteiger partial charge in [-0.05, 0) is 0 Å². The molecule has 4 heteroatoms. The molecule has 38 valence electrons. The van der Waals surface area contributed by atoms with E-state index in [0.29, 0.717) is 0 Å². The second-order valence-corrected chi connectivity index (χ2v) is 0.861. The van der Waals surface area contributed by atoms with Crippen molar-refractivity contribution in [3.63, 3.8) is 0 Å². The van der Waals surface area contributed by atoms with Gasteiger partial charge in [-0.3, -0.25) is 4.79 Å². The molecule has 1 N–H and O–H groups in total. The average Bonchev–Trinajstić information content (AvgIpc) is 1.36. The number of carboxylic acids is 1. The van der Waals surface area contributed by atoms with Crippen LogP contribution in [0.3, 0.4) is 0 Å². The first-order chi connectivity index (χ1) is 2.64. The molecule has 0 unspecified atom stereocenters. The number of hydrogen-bond donors (Lipinski definition) is 1. The molecule has 0 amide bonds. The first-order valence-electron chi connectivity index (χ1n) is 1.38. The van der Waals surface area contributed by atoms with Gasteiger partial charge < -0.3 is 7.96 Å². The minimum Gasteiger partial charge on any atom is -1.00 e. The second-order valence-electron chi connectivity index (χ2n) is 0.861. The number of rotatable bonds is 1. The average molecular weight is 99.1 g/mol. The molecule has 0 spiro atoms. The van der Waals surface area contributed by atoms with Crippen LogP contribution in [0.15, 0.2) is 0 Å². The van der Waals surface area contributed by atoms with Crippen molar-refractivity contribution in [1.82, 2.24) is 0 Å². The minimum atomic E-state index is -1.38. The normalized spacial score (nSPS) is 6.43. The molecule has 0 saturated carbocycles. The maximum absolute atomic E-state index is 9.54. The maximum atomic E-state index is 9.54. The zero-order chi connectivity index (χ0) is 5.15. The van der Waals surface area contributed by atoms with E-state index in [-0.39, 0.29) is 13.0 Å². The molecule has 0 atom stereocenters. The van der Waals surface area contributed by atoms with Gasteiger partial charge in [0.15, 0.2) is 0 Å². The zero-order valence-electron chi connectivity index (χ0n) is 5.97. The summed E-state index contributed by atoms with van der Waals surface area (Å²) >= 11 is 0. The Morgan fingerprint density at radius 3 is 1.71 bits per heavy atom. The summed E-state index contributed by atoms with van der Waals surface area (Å²) in [6.45, 7) is 1.00. The maximum Gasteiger partial charge on any atom is 2.00 e. The molecule has 0 aliphatic heterocycles. The summed E-state index contributed by atoms with van der Waals surface area (Å²) in [5.41, 5.74) is 0. The predicted molar refractivity (Wildman–Crippen MR) is 26.3 cm³/mol. The molecule has 7 heavy (non-hydrogen) atoms. The van der Waals surface area contributed by atoms with E-state index in [0.717, 1.165) is 6.92 Å². The van der Waals surface area contributed by atoms with Crippen LogP contribution in [0.1, 0.15) is 9.78 Å². The van der Waals surface area contributed by atoms with Crippen molar-refractivity contribution in [3.8, 4) is 0 Å². The Labute approximate surface area is 47.5 Å². The van der Waals surface area contributed by atoms with Gasteiger partial charge in [0.05, 0.1) is 0 Å². The number of carbonyl (C=O) groups is 2. The summed E-state index contributed by atoms with van der Waals surface area (Å²) in [5, 5.41) is 7.64. The molecule has 0 aliphatic rings. The van der Waals surface area contributed by atoms with Gasteiger partial charge in [0.2, 0.25) is 5.78 Å². The Morgan fingerprint density at radius 1 is 1.57 bits per heavy atom. The van der Waals surface area contributed by atoms with Crippen LogP contribution in [0.25, 0.3) is 0 Å². The third-order valence-corrected chi connectivity index (χ3v) is 0.301. The van der Waals surface area contributed by atoms with Crippen LogP contribution in [-0.2, 0) is 9.59 Å². The van der Waals surface area contributed by atoms with Crippen LogP contribution in [0.2, 0.25) is 0 Å². The molecule has 0 bridgehead atoms. The fourth-order valence-electron chi connectivity index (χ4n) is 0. The van der Waals surface area contributed by atoms with Crippen LogP contribution in [-0.4, -0.2) is 27.0 Å². The van der Waals surface area contributed by atoms with Crippen molar-refractivity contribution in [2.24, 2.45) is 0 Å². The molecule has 0 heterocycles. The third-order valence-electron chi connectivity index (χ3n) is 0.301. The summed E-state index contributed by atoms with van der Waals surface area (Å²) in [7, 11) is 0. The summed E-state index contributed by atoms with van der Waals surface area (Å²) < 4.78 is 0. The molecular weight excluding hydrogens is 93.0 g/mol. The van der Waals surface area contributed by atoms with Gasteiger partial charge in [0.25, 0.3) is 0 Å². The Kier molecular flexibility index (Phi) is 4.78. The molecule has 0 radical (unpaired) electrons. The summed E-state index contributed by atoms with van der Waals surface area (Å²) in [6, 6.07) is 0. The topological polar surface area (TPSA) is 54.4 Å². The van der Waals surface area contributed by atoms with E-state index < -0.39 is 11.8 Å². The molecule has 0 aromatic heterocycles. The van der Waals surface area contributed by atoms with Crippen molar-refractivity contribution >= 4 is 21.9 Å². The second kappa shape index (κ2) is 3.50. The van der Waals surface area contributed by atoms with E-state index in [1.807, 2.05) is 0 Å². The Bertz CT molecular complexity index is 83.1. The zero-order valence-corrected chi connectivity index (χ0v) is 3.97. The van der Waals surface area contributed by atoms with Gasteiger partial charge >= 0.3 is 16.1 Å². The van der Waals surface area contributed by atoms with E-state index in [2.05, 4.69) is 0 Å². The van der Waals surface area contributed by atoms with Crippen molar-refractivity contribution < 1.29 is 17.5 Å².